The third-order valence-corrected chi connectivity index (χ3v) is 5.68. The summed E-state index contributed by atoms with van der Waals surface area (Å²) in [5, 5.41) is 3.45. The summed E-state index contributed by atoms with van der Waals surface area (Å²) in [6.07, 6.45) is 1.81. The molecule has 1 aromatic carbocycles. The normalized spacial score (nSPS) is 31.8. The average Bonchev–Trinajstić information content (AvgIpc) is 3.15. The molecular formula is C17H19N3O4. The number of carbonyl (C=O) groups is 2. The van der Waals surface area contributed by atoms with Crippen molar-refractivity contribution in [3.05, 3.63) is 34.4 Å². The molecule has 7 heteroatoms. The fourth-order valence-corrected chi connectivity index (χ4v) is 4.40. The average molecular weight is 329 g/mol. The number of nitrogens with zero attached hydrogens (tertiary/aromatic N) is 1. The van der Waals surface area contributed by atoms with Gasteiger partial charge < -0.3 is 5.32 Å². The van der Waals surface area contributed by atoms with Crippen molar-refractivity contribution in [1.29, 1.82) is 0 Å². The molecule has 3 aliphatic heterocycles. The summed E-state index contributed by atoms with van der Waals surface area (Å²) in [5.41, 5.74) is 5.76. The lowest BCUT2D eigenvalue weighted by Gasteiger charge is -2.28. The summed E-state index contributed by atoms with van der Waals surface area (Å²) in [7, 11) is 0. The van der Waals surface area contributed by atoms with Crippen LogP contribution in [-0.2, 0) is 22.5 Å². The Hall–Kier alpha value is -1.80. The lowest BCUT2D eigenvalue weighted by Crippen LogP contribution is -2.47. The maximum Gasteiger partial charge on any atom is 0.263 e. The van der Waals surface area contributed by atoms with Gasteiger partial charge in [-0.2, -0.15) is 0 Å². The lowest BCUT2D eigenvalue weighted by atomic mass is 9.77. The first-order chi connectivity index (χ1) is 11.7. The largest absolute Gasteiger partial charge is 0.316 e. The Labute approximate surface area is 139 Å². The third kappa shape index (κ3) is 2.05. The summed E-state index contributed by atoms with van der Waals surface area (Å²) in [6, 6.07) is 3.87. The molecule has 24 heavy (non-hydrogen) atoms. The van der Waals surface area contributed by atoms with Crippen LogP contribution in [0.2, 0.25) is 0 Å². The third-order valence-electron chi connectivity index (χ3n) is 5.68. The van der Waals surface area contributed by atoms with Gasteiger partial charge in [0.25, 0.3) is 11.8 Å². The van der Waals surface area contributed by atoms with Gasteiger partial charge in [-0.25, -0.2) is 4.90 Å². The molecule has 126 valence electrons. The van der Waals surface area contributed by atoms with Gasteiger partial charge in [0.05, 0.1) is 17.7 Å². The van der Waals surface area contributed by atoms with Gasteiger partial charge in [0, 0.05) is 6.42 Å². The SMILES string of the molecule is O=C1c2cc3c(cc2C(=O)N1C1CCONO1)CC1CNCC1C3. The first-order valence-electron chi connectivity index (χ1n) is 8.49. The zero-order chi connectivity index (χ0) is 16.3. The standard InChI is InChI=1S/C17H19N3O4/c21-16-13-5-9-3-11-7-18-8-12(11)4-10(9)6-14(13)17(22)20(16)15-1-2-23-19-24-15/h5-6,11-12,15,18-19H,1-4,7-8H2. The van der Waals surface area contributed by atoms with E-state index >= 15 is 0 Å². The van der Waals surface area contributed by atoms with Crippen LogP contribution >= 0.6 is 0 Å². The number of imide groups is 1. The van der Waals surface area contributed by atoms with Gasteiger partial charge in [-0.1, -0.05) is 5.64 Å². The minimum atomic E-state index is -0.619. The van der Waals surface area contributed by atoms with Crippen LogP contribution in [0, 0.1) is 11.8 Å². The highest BCUT2D eigenvalue weighted by Crippen LogP contribution is 2.36. The van der Waals surface area contributed by atoms with E-state index in [1.165, 1.54) is 16.0 Å². The number of hydrogen-bond acceptors (Lipinski definition) is 6. The number of nitrogens with one attached hydrogen (secondary N) is 2. The Morgan fingerprint density at radius 3 is 2.17 bits per heavy atom. The topological polar surface area (TPSA) is 79.9 Å². The Kier molecular flexibility index (Phi) is 3.24. The van der Waals surface area contributed by atoms with Gasteiger partial charge >= 0.3 is 0 Å². The number of carbonyl (C=O) groups excluding carboxylic acids is 2. The molecule has 1 aliphatic carbocycles. The Balaban J connectivity index is 1.50. The van der Waals surface area contributed by atoms with E-state index < -0.39 is 6.23 Å². The summed E-state index contributed by atoms with van der Waals surface area (Å²) >= 11 is 0. The molecule has 0 spiro atoms. The summed E-state index contributed by atoms with van der Waals surface area (Å²) in [6.45, 7) is 2.48. The number of benzene rings is 1. The monoisotopic (exact) mass is 329 g/mol. The van der Waals surface area contributed by atoms with Crippen LogP contribution in [0.4, 0.5) is 0 Å². The Morgan fingerprint density at radius 2 is 1.62 bits per heavy atom. The second-order valence-electron chi connectivity index (χ2n) is 7.03. The predicted octanol–water partition coefficient (Wildman–Crippen LogP) is 0.399. The summed E-state index contributed by atoms with van der Waals surface area (Å²) in [5.74, 6) is 0.750. The van der Waals surface area contributed by atoms with Gasteiger partial charge in [-0.05, 0) is 61.0 Å². The van der Waals surface area contributed by atoms with Crippen molar-refractivity contribution in [1.82, 2.24) is 15.9 Å². The molecule has 2 saturated heterocycles. The molecule has 1 aromatic rings. The van der Waals surface area contributed by atoms with E-state index in [9.17, 15) is 9.59 Å². The number of fused-ring (bicyclic) bond motifs is 3. The molecule has 7 nitrogen and oxygen atoms in total. The molecule has 5 rings (SSSR count). The highest BCUT2D eigenvalue weighted by atomic mass is 16.9. The van der Waals surface area contributed by atoms with Crippen molar-refractivity contribution >= 4 is 11.8 Å². The van der Waals surface area contributed by atoms with Crippen molar-refractivity contribution in [2.45, 2.75) is 25.5 Å². The molecule has 2 amide bonds. The second-order valence-corrected chi connectivity index (χ2v) is 7.03. The van der Waals surface area contributed by atoms with Crippen LogP contribution in [0.15, 0.2) is 12.1 Å². The van der Waals surface area contributed by atoms with Crippen molar-refractivity contribution in [2.24, 2.45) is 11.8 Å². The molecule has 4 aliphatic rings. The predicted molar refractivity (Wildman–Crippen MR) is 82.8 cm³/mol. The first kappa shape index (κ1) is 14.5. The fourth-order valence-electron chi connectivity index (χ4n) is 4.40. The van der Waals surface area contributed by atoms with Gasteiger partial charge in [0.2, 0.25) is 0 Å². The highest BCUT2D eigenvalue weighted by Gasteiger charge is 2.43. The summed E-state index contributed by atoms with van der Waals surface area (Å²) < 4.78 is 0. The molecule has 0 aromatic heterocycles. The minimum Gasteiger partial charge on any atom is -0.316 e. The zero-order valence-corrected chi connectivity index (χ0v) is 13.2. The van der Waals surface area contributed by atoms with E-state index in [2.05, 4.69) is 11.0 Å². The second kappa shape index (κ2) is 5.35. The van der Waals surface area contributed by atoms with Gasteiger partial charge in [0.15, 0.2) is 6.23 Å². The van der Waals surface area contributed by atoms with E-state index in [1.807, 2.05) is 12.1 Å². The molecule has 3 atom stereocenters. The van der Waals surface area contributed by atoms with Crippen LogP contribution < -0.4 is 11.0 Å². The van der Waals surface area contributed by atoms with Crippen LogP contribution in [0.25, 0.3) is 0 Å². The fraction of sp³-hybridized carbons (Fsp3) is 0.529. The van der Waals surface area contributed by atoms with Crippen LogP contribution in [-0.4, -0.2) is 42.6 Å². The van der Waals surface area contributed by atoms with Crippen LogP contribution in [0.3, 0.4) is 0 Å². The van der Waals surface area contributed by atoms with E-state index in [-0.39, 0.29) is 11.8 Å². The van der Waals surface area contributed by atoms with E-state index in [4.69, 9.17) is 9.68 Å². The molecular weight excluding hydrogens is 310 g/mol. The van der Waals surface area contributed by atoms with Gasteiger partial charge in [0.1, 0.15) is 0 Å². The molecule has 3 heterocycles. The van der Waals surface area contributed by atoms with E-state index in [1.54, 1.807) is 0 Å². The van der Waals surface area contributed by atoms with E-state index in [0.29, 0.717) is 36.0 Å². The molecule has 3 unspecified atom stereocenters. The molecule has 2 fully saturated rings. The lowest BCUT2D eigenvalue weighted by molar-refractivity contribution is -0.259. The maximum absolute atomic E-state index is 12.8. The number of rotatable bonds is 1. The minimum absolute atomic E-state index is 0.266. The van der Waals surface area contributed by atoms with Crippen molar-refractivity contribution < 1.29 is 19.3 Å². The first-order valence-corrected chi connectivity index (χ1v) is 8.49. The molecule has 2 N–H and O–H groups in total. The molecule has 0 radical (unpaired) electrons. The number of amides is 2. The highest BCUT2D eigenvalue weighted by molar-refractivity contribution is 6.21. The smallest absolute Gasteiger partial charge is 0.263 e. The van der Waals surface area contributed by atoms with Crippen molar-refractivity contribution in [2.75, 3.05) is 19.7 Å². The molecule has 0 bridgehead atoms. The van der Waals surface area contributed by atoms with E-state index in [0.717, 1.165) is 25.9 Å². The van der Waals surface area contributed by atoms with Gasteiger partial charge in [-0.3, -0.25) is 19.3 Å². The number of hydrogen-bond donors (Lipinski definition) is 2. The maximum atomic E-state index is 12.8. The van der Waals surface area contributed by atoms with Crippen LogP contribution in [0.5, 0.6) is 0 Å². The van der Waals surface area contributed by atoms with Crippen molar-refractivity contribution in [3.8, 4) is 0 Å². The van der Waals surface area contributed by atoms with Gasteiger partial charge in [-0.15, -0.1) is 0 Å². The summed E-state index contributed by atoms with van der Waals surface area (Å²) in [4.78, 5) is 36.9. The van der Waals surface area contributed by atoms with Crippen molar-refractivity contribution in [3.63, 3.8) is 0 Å². The molecule has 0 saturated carbocycles. The van der Waals surface area contributed by atoms with Crippen LogP contribution in [0.1, 0.15) is 38.3 Å². The Morgan fingerprint density at radius 1 is 1.00 bits per heavy atom. The Bertz CT molecular complexity index is 678. The zero-order valence-electron chi connectivity index (χ0n) is 13.2. The quantitative estimate of drug-likeness (QED) is 0.726.